The van der Waals surface area contributed by atoms with Crippen LogP contribution in [0.3, 0.4) is 0 Å². The van der Waals surface area contributed by atoms with Gasteiger partial charge in [-0.2, -0.15) is 0 Å². The van der Waals surface area contributed by atoms with Crippen LogP contribution in [-0.2, 0) is 16.2 Å². The van der Waals surface area contributed by atoms with Crippen molar-refractivity contribution in [3.8, 4) is 56.3 Å². The molecule has 0 saturated heterocycles. The number of hydrogen-bond acceptors (Lipinski definition) is 4. The topological polar surface area (TPSA) is 63.8 Å². The zero-order valence-corrected chi connectivity index (χ0v) is 37.4. The van der Waals surface area contributed by atoms with Gasteiger partial charge in [-0.05, 0) is 86.2 Å². The quantitative estimate of drug-likeness (QED) is 0.178. The van der Waals surface area contributed by atoms with Crippen LogP contribution in [0.5, 0.6) is 5.75 Å². The average molecular weight is 763 g/mol. The maximum atomic E-state index is 12.2. The van der Waals surface area contributed by atoms with E-state index in [-0.39, 0.29) is 16.2 Å². The minimum atomic E-state index is -2.32. The average Bonchev–Trinajstić information content (AvgIpc) is 3.65. The Morgan fingerprint density at radius 3 is 1.89 bits per heavy atom. The largest absolute Gasteiger partial charge is 0.507 e. The molecule has 0 amide bonds. The molecule has 3 aromatic heterocycles. The van der Waals surface area contributed by atoms with Gasteiger partial charge < -0.3 is 9.67 Å². The molecule has 1 aliphatic heterocycles. The number of phenolic OH excluding ortho intramolecular Hbond substituents is 1. The van der Waals surface area contributed by atoms with Crippen molar-refractivity contribution in [2.45, 2.75) is 111 Å². The van der Waals surface area contributed by atoms with E-state index in [0.717, 1.165) is 50.6 Å². The SMILES string of the molecule is CC(C)(C)c1cc(-c2cc(-c3ccccc3)ccn2)cc(-c2nc(-c3cc(C(C)(C)C)cc(C(C)(C)C)c3O)cc3c2[Si](C)(C)c2cnc([Si](C)(C)C)n2-3)c1. The van der Waals surface area contributed by atoms with E-state index in [9.17, 15) is 5.11 Å². The van der Waals surface area contributed by atoms with Gasteiger partial charge in [0.05, 0.1) is 28.2 Å². The third kappa shape index (κ3) is 6.95. The van der Waals surface area contributed by atoms with E-state index in [2.05, 4.69) is 185 Å². The molecule has 0 atom stereocenters. The van der Waals surface area contributed by atoms with Crippen LogP contribution in [0.25, 0.3) is 50.6 Å². The summed E-state index contributed by atoms with van der Waals surface area (Å²) in [5, 5.41) is 14.9. The van der Waals surface area contributed by atoms with Gasteiger partial charge in [0.2, 0.25) is 0 Å². The molecule has 4 heterocycles. The molecule has 0 saturated carbocycles. The second kappa shape index (κ2) is 13.0. The maximum absolute atomic E-state index is 12.2. The summed E-state index contributed by atoms with van der Waals surface area (Å²) in [7, 11) is -4.18. The van der Waals surface area contributed by atoms with Crippen molar-refractivity contribution >= 4 is 32.1 Å². The molecule has 3 aromatic carbocycles. The molecule has 0 aliphatic carbocycles. The molecule has 0 bridgehead atoms. The lowest BCUT2D eigenvalue weighted by Gasteiger charge is -2.28. The van der Waals surface area contributed by atoms with Crippen molar-refractivity contribution in [1.82, 2.24) is 19.5 Å². The van der Waals surface area contributed by atoms with Crippen LogP contribution in [0.1, 0.15) is 79.0 Å². The molecule has 6 aromatic rings. The van der Waals surface area contributed by atoms with Crippen molar-refractivity contribution in [3.63, 3.8) is 0 Å². The number of hydrogen-bond donors (Lipinski definition) is 1. The van der Waals surface area contributed by atoms with Gasteiger partial charge in [-0.1, -0.05) is 131 Å². The molecule has 55 heavy (non-hydrogen) atoms. The standard InChI is InChI=1S/C48H58N4OSi2/c1-46(2,3)34-23-32(38-25-31(20-21-49-38)30-18-16-15-17-19-30)22-33(24-34)42-44-40(52-41(55(44,13)14)29-50-45(52)54(10,11)12)28-39(51-42)36-26-35(47(4,5)6)27-37(43(36)53)48(7,8)9/h15-29,53H,1-14H3. The Morgan fingerprint density at radius 2 is 1.27 bits per heavy atom. The Balaban J connectivity index is 1.58. The maximum Gasteiger partial charge on any atom is 0.140 e. The highest BCUT2D eigenvalue weighted by Crippen LogP contribution is 2.43. The zero-order chi connectivity index (χ0) is 40.0. The van der Waals surface area contributed by atoms with E-state index in [1.807, 2.05) is 6.20 Å². The van der Waals surface area contributed by atoms with Crippen LogP contribution in [0, 0.1) is 0 Å². The summed E-state index contributed by atoms with van der Waals surface area (Å²) in [6, 6.07) is 28.4. The van der Waals surface area contributed by atoms with Gasteiger partial charge in [0.15, 0.2) is 0 Å². The Morgan fingerprint density at radius 1 is 0.636 bits per heavy atom. The number of aromatic hydroxyl groups is 1. The Hall–Kier alpha value is -4.60. The van der Waals surface area contributed by atoms with Crippen molar-refractivity contribution in [2.24, 2.45) is 0 Å². The van der Waals surface area contributed by atoms with Gasteiger partial charge in [-0.3, -0.25) is 4.98 Å². The fourth-order valence-corrected chi connectivity index (χ4v) is 12.5. The highest BCUT2D eigenvalue weighted by Gasteiger charge is 2.45. The van der Waals surface area contributed by atoms with Gasteiger partial charge in [0.25, 0.3) is 0 Å². The van der Waals surface area contributed by atoms with Gasteiger partial charge in [0, 0.05) is 40.0 Å². The molecule has 1 N–H and O–H groups in total. The van der Waals surface area contributed by atoms with E-state index in [4.69, 9.17) is 15.0 Å². The number of imidazole rings is 1. The summed E-state index contributed by atoms with van der Waals surface area (Å²) in [5.41, 5.74) is 13.1. The lowest BCUT2D eigenvalue weighted by molar-refractivity contribution is 0.446. The number of nitrogens with zero attached hydrogens (tertiary/aromatic N) is 4. The first-order chi connectivity index (χ1) is 25.5. The fraction of sp³-hybridized carbons (Fsp3) is 0.354. The van der Waals surface area contributed by atoms with Crippen molar-refractivity contribution in [3.05, 3.63) is 108 Å². The molecular formula is C48H58N4OSi2. The second-order valence-corrected chi connectivity index (χ2v) is 29.4. The minimum Gasteiger partial charge on any atom is -0.507 e. The summed E-state index contributed by atoms with van der Waals surface area (Å²) < 4.78 is 2.48. The summed E-state index contributed by atoms with van der Waals surface area (Å²) in [4.78, 5) is 15.8. The van der Waals surface area contributed by atoms with E-state index >= 15 is 0 Å². The summed E-state index contributed by atoms with van der Waals surface area (Å²) in [6.45, 7) is 32.1. The molecule has 0 radical (unpaired) electrons. The number of aromatic nitrogens is 4. The number of fused-ring (bicyclic) bond motifs is 3. The van der Waals surface area contributed by atoms with E-state index in [0.29, 0.717) is 5.75 Å². The molecule has 0 unspecified atom stereocenters. The smallest absolute Gasteiger partial charge is 0.140 e. The van der Waals surface area contributed by atoms with Crippen molar-refractivity contribution < 1.29 is 5.11 Å². The predicted octanol–water partition coefficient (Wildman–Crippen LogP) is 10.6. The zero-order valence-electron chi connectivity index (χ0n) is 35.4. The fourth-order valence-electron chi connectivity index (χ4n) is 7.94. The first-order valence-electron chi connectivity index (χ1n) is 19.7. The Kier molecular flexibility index (Phi) is 9.13. The van der Waals surface area contributed by atoms with E-state index in [1.165, 1.54) is 32.6 Å². The van der Waals surface area contributed by atoms with Crippen molar-refractivity contribution in [1.29, 1.82) is 0 Å². The van der Waals surface area contributed by atoms with Crippen molar-refractivity contribution in [2.75, 3.05) is 0 Å². The Bertz CT molecular complexity index is 2450. The number of rotatable bonds is 5. The monoisotopic (exact) mass is 762 g/mol. The summed E-state index contributed by atoms with van der Waals surface area (Å²) in [5.74, 6) is 0.302. The number of benzene rings is 3. The van der Waals surface area contributed by atoms with Crippen LogP contribution < -0.4 is 16.0 Å². The predicted molar refractivity (Wildman–Crippen MR) is 238 cm³/mol. The first-order valence-corrected chi connectivity index (χ1v) is 26.2. The third-order valence-electron chi connectivity index (χ3n) is 11.2. The molecule has 1 aliphatic rings. The molecule has 7 rings (SSSR count). The minimum absolute atomic E-state index is 0.128. The lowest BCUT2D eigenvalue weighted by atomic mass is 9.78. The Labute approximate surface area is 331 Å². The first kappa shape index (κ1) is 38.7. The normalized spacial score (nSPS) is 14.2. The van der Waals surface area contributed by atoms with Gasteiger partial charge in [-0.25, -0.2) is 9.97 Å². The van der Waals surface area contributed by atoms with Gasteiger partial charge in [0.1, 0.15) is 21.9 Å². The molecule has 284 valence electrons. The summed E-state index contributed by atoms with van der Waals surface area (Å²) in [6.07, 6.45) is 4.07. The summed E-state index contributed by atoms with van der Waals surface area (Å²) >= 11 is 0. The molecule has 5 nitrogen and oxygen atoms in total. The molecule has 7 heteroatoms. The van der Waals surface area contributed by atoms with Crippen LogP contribution in [0.15, 0.2) is 91.3 Å². The van der Waals surface area contributed by atoms with Crippen LogP contribution >= 0.6 is 0 Å². The van der Waals surface area contributed by atoms with Crippen LogP contribution in [0.2, 0.25) is 32.7 Å². The number of phenols is 1. The lowest BCUT2D eigenvalue weighted by Crippen LogP contribution is -2.51. The molecule has 0 spiro atoms. The molecular weight excluding hydrogens is 705 g/mol. The molecule has 0 fully saturated rings. The van der Waals surface area contributed by atoms with Gasteiger partial charge in [-0.15, -0.1) is 0 Å². The van der Waals surface area contributed by atoms with E-state index < -0.39 is 16.1 Å². The number of pyridine rings is 2. The van der Waals surface area contributed by atoms with Crippen LogP contribution in [0.4, 0.5) is 0 Å². The van der Waals surface area contributed by atoms with Gasteiger partial charge >= 0.3 is 0 Å². The highest BCUT2D eigenvalue weighted by molar-refractivity contribution is 7.03. The second-order valence-electron chi connectivity index (χ2n) is 20.2. The van der Waals surface area contributed by atoms with Crippen LogP contribution in [-0.4, -0.2) is 40.8 Å². The third-order valence-corrected chi connectivity index (χ3v) is 16.3. The highest BCUT2D eigenvalue weighted by atomic mass is 28.3. The van der Waals surface area contributed by atoms with E-state index in [1.54, 1.807) is 0 Å².